The molecular formula is C9H16N2O5S3. The first-order valence-electron chi connectivity index (χ1n) is 5.27. The molecule has 0 aliphatic carbocycles. The van der Waals surface area contributed by atoms with Crippen LogP contribution in [0.5, 0.6) is 0 Å². The second-order valence-electron chi connectivity index (χ2n) is 3.85. The fourth-order valence-corrected chi connectivity index (χ4v) is 4.29. The molecule has 0 aliphatic heterocycles. The molecule has 1 aromatic rings. The van der Waals surface area contributed by atoms with Crippen LogP contribution in [0.2, 0.25) is 0 Å². The fourth-order valence-electron chi connectivity index (χ4n) is 1.30. The van der Waals surface area contributed by atoms with Gasteiger partial charge in [-0.2, -0.15) is 0 Å². The van der Waals surface area contributed by atoms with Gasteiger partial charge < -0.3 is 4.74 Å². The molecule has 19 heavy (non-hydrogen) atoms. The molecule has 1 atom stereocenters. The summed E-state index contributed by atoms with van der Waals surface area (Å²) in [6, 6.07) is 2.37. The Kier molecular flexibility index (Phi) is 5.47. The van der Waals surface area contributed by atoms with Crippen LogP contribution in [-0.4, -0.2) is 36.3 Å². The summed E-state index contributed by atoms with van der Waals surface area (Å²) in [4.78, 5) is 0.574. The van der Waals surface area contributed by atoms with Gasteiger partial charge in [0, 0.05) is 12.0 Å². The summed E-state index contributed by atoms with van der Waals surface area (Å²) in [6.45, 7) is 1.72. The van der Waals surface area contributed by atoms with Crippen LogP contribution in [0.4, 0.5) is 0 Å². The number of methoxy groups -OCH3 is 1. The summed E-state index contributed by atoms with van der Waals surface area (Å²) in [7, 11) is -5.81. The molecule has 0 radical (unpaired) electrons. The van der Waals surface area contributed by atoms with Gasteiger partial charge in [-0.3, -0.25) is 0 Å². The minimum absolute atomic E-state index is 0.00504. The van der Waals surface area contributed by atoms with E-state index in [1.54, 1.807) is 6.92 Å². The second kappa shape index (κ2) is 6.29. The van der Waals surface area contributed by atoms with E-state index in [1.807, 2.05) is 0 Å². The Labute approximate surface area is 116 Å². The average molecular weight is 328 g/mol. The highest BCUT2D eigenvalue weighted by Gasteiger charge is 2.19. The van der Waals surface area contributed by atoms with Crippen molar-refractivity contribution in [3.05, 3.63) is 17.0 Å². The van der Waals surface area contributed by atoms with Crippen molar-refractivity contribution in [2.45, 2.75) is 17.2 Å². The van der Waals surface area contributed by atoms with Crippen molar-refractivity contribution in [1.29, 1.82) is 0 Å². The topological polar surface area (TPSA) is 116 Å². The highest BCUT2D eigenvalue weighted by atomic mass is 32.2. The molecule has 0 amide bonds. The highest BCUT2D eigenvalue weighted by Crippen LogP contribution is 2.26. The number of ether oxygens (including phenoxy) is 1. The molecule has 0 aromatic carbocycles. The molecule has 3 N–H and O–H groups in total. The summed E-state index contributed by atoms with van der Waals surface area (Å²) < 4.78 is 52.7. The molecule has 7 nitrogen and oxygen atoms in total. The van der Waals surface area contributed by atoms with Crippen molar-refractivity contribution in [2.24, 2.45) is 5.14 Å². The van der Waals surface area contributed by atoms with Gasteiger partial charge in [-0.05, 0) is 19.1 Å². The van der Waals surface area contributed by atoms with Crippen LogP contribution < -0.4 is 9.86 Å². The molecule has 1 unspecified atom stereocenters. The normalized spacial score (nSPS) is 14.5. The van der Waals surface area contributed by atoms with Gasteiger partial charge in [0.05, 0.1) is 18.4 Å². The lowest BCUT2D eigenvalue weighted by atomic mass is 10.3. The Hall–Kier alpha value is -0.520. The summed E-state index contributed by atoms with van der Waals surface area (Å²) >= 11 is 0.941. The Bertz CT molecular complexity index is 620. The third kappa shape index (κ3) is 5.16. The van der Waals surface area contributed by atoms with Gasteiger partial charge in [-0.15, -0.1) is 11.3 Å². The van der Waals surface area contributed by atoms with Crippen molar-refractivity contribution in [3.8, 4) is 0 Å². The Morgan fingerprint density at radius 2 is 2.00 bits per heavy atom. The predicted molar refractivity (Wildman–Crippen MR) is 72.9 cm³/mol. The van der Waals surface area contributed by atoms with E-state index in [0.717, 1.165) is 11.3 Å². The zero-order chi connectivity index (χ0) is 14.7. The fraction of sp³-hybridized carbons (Fsp3) is 0.556. The average Bonchev–Trinajstić information content (AvgIpc) is 2.74. The maximum Gasteiger partial charge on any atom is 0.247 e. The highest BCUT2D eigenvalue weighted by molar-refractivity contribution is 7.91. The zero-order valence-electron chi connectivity index (χ0n) is 10.5. The lowest BCUT2D eigenvalue weighted by Crippen LogP contribution is -2.30. The number of primary sulfonamides is 1. The third-order valence-corrected chi connectivity index (χ3v) is 6.35. The van der Waals surface area contributed by atoms with Crippen molar-refractivity contribution < 1.29 is 21.6 Å². The molecule has 0 saturated carbocycles. The first-order chi connectivity index (χ1) is 8.65. The van der Waals surface area contributed by atoms with Gasteiger partial charge in [0.2, 0.25) is 20.0 Å². The van der Waals surface area contributed by atoms with Crippen molar-refractivity contribution >= 4 is 31.4 Å². The van der Waals surface area contributed by atoms with Gasteiger partial charge in [0.1, 0.15) is 4.21 Å². The Morgan fingerprint density at radius 1 is 1.37 bits per heavy atom. The Morgan fingerprint density at radius 3 is 2.47 bits per heavy atom. The molecular weight excluding hydrogens is 312 g/mol. The maximum absolute atomic E-state index is 11.6. The van der Waals surface area contributed by atoms with Crippen LogP contribution in [0, 0.1) is 0 Å². The van der Waals surface area contributed by atoms with Crippen LogP contribution in [0.3, 0.4) is 0 Å². The monoisotopic (exact) mass is 328 g/mol. The largest absolute Gasteiger partial charge is 0.384 e. The van der Waals surface area contributed by atoms with Gasteiger partial charge in [-0.25, -0.2) is 26.7 Å². The lowest BCUT2D eigenvalue weighted by Gasteiger charge is -2.12. The minimum atomic E-state index is -3.75. The van der Waals surface area contributed by atoms with Crippen molar-refractivity contribution in [3.63, 3.8) is 0 Å². The maximum atomic E-state index is 11.6. The quantitative estimate of drug-likeness (QED) is 0.732. The van der Waals surface area contributed by atoms with Gasteiger partial charge in [-0.1, -0.05) is 0 Å². The molecule has 110 valence electrons. The molecule has 1 aromatic heterocycles. The van der Waals surface area contributed by atoms with Crippen molar-refractivity contribution in [1.82, 2.24) is 4.72 Å². The summed E-state index contributed by atoms with van der Waals surface area (Å²) in [5.41, 5.74) is 0. The zero-order valence-corrected chi connectivity index (χ0v) is 12.9. The first-order valence-corrected chi connectivity index (χ1v) is 9.28. The molecule has 0 fully saturated rings. The molecule has 0 bridgehead atoms. The number of hydrogen-bond donors (Lipinski definition) is 2. The van der Waals surface area contributed by atoms with E-state index in [-0.39, 0.29) is 16.6 Å². The standard InChI is InChI=1S/C9H16N2O5S3/c1-7(11-18(12,13)6-5-16-2)8-3-4-9(17-8)19(10,14)15/h3-4,7,11H,5-6H2,1-2H3,(H2,10,14,15). The van der Waals surface area contributed by atoms with Crippen LogP contribution >= 0.6 is 11.3 Å². The van der Waals surface area contributed by atoms with E-state index >= 15 is 0 Å². The van der Waals surface area contributed by atoms with Gasteiger partial charge >= 0.3 is 0 Å². The SMILES string of the molecule is COCCS(=O)(=O)NC(C)c1ccc(S(N)(=O)=O)s1. The lowest BCUT2D eigenvalue weighted by molar-refractivity contribution is 0.217. The third-order valence-electron chi connectivity index (χ3n) is 2.22. The van der Waals surface area contributed by atoms with E-state index in [9.17, 15) is 16.8 Å². The van der Waals surface area contributed by atoms with Crippen LogP contribution in [-0.2, 0) is 24.8 Å². The Balaban J connectivity index is 2.79. The van der Waals surface area contributed by atoms with E-state index in [2.05, 4.69) is 4.72 Å². The number of nitrogens with two attached hydrogens (primary N) is 1. The number of sulfonamides is 2. The predicted octanol–water partition coefficient (Wildman–Crippen LogP) is 0.0223. The van der Waals surface area contributed by atoms with Crippen LogP contribution in [0.25, 0.3) is 0 Å². The summed E-state index contributed by atoms with van der Waals surface area (Å²) in [5.74, 6) is -0.152. The van der Waals surface area contributed by atoms with Crippen LogP contribution in [0.15, 0.2) is 16.3 Å². The van der Waals surface area contributed by atoms with Gasteiger partial charge in [0.15, 0.2) is 0 Å². The minimum Gasteiger partial charge on any atom is -0.384 e. The molecule has 10 heteroatoms. The smallest absolute Gasteiger partial charge is 0.247 e. The van der Waals surface area contributed by atoms with E-state index in [4.69, 9.17) is 9.88 Å². The molecule has 0 spiro atoms. The molecule has 1 heterocycles. The second-order valence-corrected chi connectivity index (χ2v) is 8.63. The van der Waals surface area contributed by atoms with Gasteiger partial charge in [0.25, 0.3) is 0 Å². The van der Waals surface area contributed by atoms with E-state index < -0.39 is 26.1 Å². The molecule has 0 saturated heterocycles. The van der Waals surface area contributed by atoms with Crippen LogP contribution in [0.1, 0.15) is 17.8 Å². The number of rotatable bonds is 7. The summed E-state index contributed by atoms with van der Waals surface area (Å²) in [5, 5.41) is 4.99. The number of nitrogens with one attached hydrogen (secondary N) is 1. The number of hydrogen-bond acceptors (Lipinski definition) is 6. The molecule has 1 rings (SSSR count). The van der Waals surface area contributed by atoms with E-state index in [0.29, 0.717) is 4.88 Å². The first kappa shape index (κ1) is 16.5. The molecule has 0 aliphatic rings. The van der Waals surface area contributed by atoms with Crippen molar-refractivity contribution in [2.75, 3.05) is 19.5 Å². The summed E-state index contributed by atoms with van der Waals surface area (Å²) in [6.07, 6.45) is 0. The van der Waals surface area contributed by atoms with E-state index in [1.165, 1.54) is 19.2 Å². The number of thiophene rings is 1.